The summed E-state index contributed by atoms with van der Waals surface area (Å²) >= 11 is 0. The van der Waals surface area contributed by atoms with Gasteiger partial charge in [0.1, 0.15) is 42.4 Å². The average molecular weight is 614 g/mol. The van der Waals surface area contributed by atoms with Gasteiger partial charge in [-0.05, 0) is 6.07 Å². The molecule has 41 heavy (non-hydrogen) atoms. The van der Waals surface area contributed by atoms with E-state index in [0.29, 0.717) is 0 Å². The maximum atomic E-state index is 12.8. The Morgan fingerprint density at radius 2 is 1.98 bits per heavy atom. The molecule has 0 spiro atoms. The van der Waals surface area contributed by atoms with E-state index < -0.39 is 106 Å². The summed E-state index contributed by atoms with van der Waals surface area (Å²) in [5.41, 5.74) is 4.46. The number of aromatic nitrogens is 2. The highest BCUT2D eigenvalue weighted by molar-refractivity contribution is 7.47. The van der Waals surface area contributed by atoms with E-state index in [2.05, 4.69) is 10.3 Å². The van der Waals surface area contributed by atoms with Crippen molar-refractivity contribution in [1.82, 2.24) is 14.9 Å². The molecular formula is C20H31N4O16P. The molecule has 2 saturated heterocycles. The van der Waals surface area contributed by atoms with Gasteiger partial charge < -0.3 is 61.2 Å². The van der Waals surface area contributed by atoms with Gasteiger partial charge in [0.05, 0.1) is 25.4 Å². The number of phosphoric ester groups is 1. The monoisotopic (exact) mass is 614 g/mol. The van der Waals surface area contributed by atoms with Crippen LogP contribution in [-0.4, -0.2) is 130 Å². The normalized spacial score (nSPS) is 34.9. The van der Waals surface area contributed by atoms with E-state index in [9.17, 15) is 59.6 Å². The molecule has 0 aliphatic carbocycles. The average Bonchev–Trinajstić information content (AvgIpc) is 3.16. The van der Waals surface area contributed by atoms with Crippen LogP contribution in [0.5, 0.6) is 0 Å². The van der Waals surface area contributed by atoms with Gasteiger partial charge in [-0.3, -0.25) is 13.9 Å². The van der Waals surface area contributed by atoms with Crippen molar-refractivity contribution >= 4 is 25.5 Å². The Labute approximate surface area is 230 Å². The van der Waals surface area contributed by atoms with E-state index in [1.54, 1.807) is 0 Å². The Kier molecular flexibility index (Phi) is 10.2. The predicted molar refractivity (Wildman–Crippen MR) is 128 cm³/mol. The minimum atomic E-state index is -5.52. The van der Waals surface area contributed by atoms with Gasteiger partial charge >= 0.3 is 19.5 Å². The number of nitrogens with zero attached hydrogens (tertiary/aromatic N) is 2. The number of aliphatic hydroxyl groups excluding tert-OH is 6. The van der Waals surface area contributed by atoms with Crippen molar-refractivity contribution in [2.45, 2.75) is 74.1 Å². The van der Waals surface area contributed by atoms with E-state index in [-0.39, 0.29) is 5.82 Å². The fourth-order valence-corrected chi connectivity index (χ4v) is 5.27. The van der Waals surface area contributed by atoms with E-state index in [0.717, 1.165) is 17.7 Å². The number of nitrogens with one attached hydrogen (secondary N) is 1. The topological polar surface area (TPSA) is 323 Å². The highest BCUT2D eigenvalue weighted by Crippen LogP contribution is 2.51. The molecule has 2 fully saturated rings. The Morgan fingerprint density at radius 1 is 1.32 bits per heavy atom. The van der Waals surface area contributed by atoms with E-state index >= 15 is 0 Å². The van der Waals surface area contributed by atoms with Gasteiger partial charge in [0.15, 0.2) is 6.23 Å². The molecule has 1 aromatic heterocycles. The first kappa shape index (κ1) is 32.9. The lowest BCUT2D eigenvalue weighted by molar-refractivity contribution is -0.289. The fourth-order valence-electron chi connectivity index (χ4n) is 4.32. The van der Waals surface area contributed by atoms with Crippen LogP contribution in [-0.2, 0) is 32.7 Å². The third-order valence-corrected chi connectivity index (χ3v) is 7.32. The largest absolute Gasteiger partial charge is 0.477 e. The second-order valence-corrected chi connectivity index (χ2v) is 10.7. The molecule has 0 bridgehead atoms. The maximum absolute atomic E-state index is 12.8. The number of nitrogen functional groups attached to an aromatic ring is 1. The Morgan fingerprint density at radius 3 is 2.54 bits per heavy atom. The van der Waals surface area contributed by atoms with Crippen molar-refractivity contribution < 1.29 is 73.3 Å². The van der Waals surface area contributed by atoms with Crippen molar-refractivity contribution in [3.8, 4) is 0 Å². The molecule has 2 aliphatic heterocycles. The van der Waals surface area contributed by atoms with Crippen LogP contribution in [0.4, 0.5) is 5.82 Å². The van der Waals surface area contributed by atoms with Crippen LogP contribution in [0.3, 0.4) is 0 Å². The lowest BCUT2D eigenvalue weighted by Gasteiger charge is -2.46. The van der Waals surface area contributed by atoms with E-state index in [1.165, 1.54) is 6.07 Å². The number of hydrogen-bond donors (Lipinski definition) is 10. The van der Waals surface area contributed by atoms with Crippen molar-refractivity contribution in [2.24, 2.45) is 0 Å². The zero-order valence-corrected chi connectivity index (χ0v) is 22.1. The van der Waals surface area contributed by atoms with Crippen molar-refractivity contribution in [3.63, 3.8) is 0 Å². The van der Waals surface area contributed by atoms with Crippen LogP contribution >= 0.6 is 7.82 Å². The molecule has 11 N–H and O–H groups in total. The quantitative estimate of drug-likeness (QED) is 0.104. The Hall–Kier alpha value is -2.59. The number of nitrogens with two attached hydrogens (primary N) is 1. The summed E-state index contributed by atoms with van der Waals surface area (Å²) < 4.78 is 33.7. The first-order valence-electron chi connectivity index (χ1n) is 11.9. The molecule has 3 rings (SSSR count). The zero-order chi connectivity index (χ0) is 30.9. The third kappa shape index (κ3) is 7.25. The summed E-state index contributed by atoms with van der Waals surface area (Å²) in [7, 11) is -5.52. The lowest BCUT2D eigenvalue weighted by Crippen LogP contribution is -2.67. The molecule has 20 nitrogen and oxygen atoms in total. The smallest absolute Gasteiger partial charge is 0.475 e. The summed E-state index contributed by atoms with van der Waals surface area (Å²) in [6.45, 7) is -1.05. The second-order valence-electron chi connectivity index (χ2n) is 9.32. The summed E-state index contributed by atoms with van der Waals surface area (Å²) in [6.07, 6.45) is -14.6. The third-order valence-electron chi connectivity index (χ3n) is 6.31. The van der Waals surface area contributed by atoms with E-state index in [4.69, 9.17) is 24.3 Å². The number of amides is 1. The van der Waals surface area contributed by atoms with Crippen LogP contribution in [0, 0.1) is 0 Å². The molecule has 1 amide bonds. The number of ether oxygens (including phenoxy) is 2. The minimum Gasteiger partial charge on any atom is -0.477 e. The van der Waals surface area contributed by atoms with Gasteiger partial charge in [0.2, 0.25) is 5.91 Å². The van der Waals surface area contributed by atoms with Gasteiger partial charge in [-0.1, -0.05) is 0 Å². The number of carboxylic acids is 1. The minimum absolute atomic E-state index is 0.135. The van der Waals surface area contributed by atoms with Crippen molar-refractivity contribution in [2.75, 3.05) is 18.9 Å². The first-order chi connectivity index (χ1) is 19.0. The van der Waals surface area contributed by atoms with Crippen LogP contribution in [0.2, 0.25) is 0 Å². The predicted octanol–water partition coefficient (Wildman–Crippen LogP) is -5.27. The molecule has 0 radical (unpaired) electrons. The highest BCUT2D eigenvalue weighted by Gasteiger charge is 2.59. The first-order valence-corrected chi connectivity index (χ1v) is 13.4. The number of phosphoric acid groups is 1. The number of aliphatic carboxylic acids is 1. The number of aliphatic hydroxyl groups is 6. The Balaban J connectivity index is 1.79. The molecule has 232 valence electrons. The standard InChI is InChI=1S/C20H31N4O16P/c1-7(26)22-12-8(27)4-20(18(32)33,39-16(12)13(29)9(28)5-25)40-41(35,36)37-6-10-14(30)15(31)17(38-10)24-3-2-11(21)23-19(24)34/h2-3,8-10,12-17,25,27-31H,4-6H2,1H3,(H,22,26)(H,32,33)(H,35,36)(H2,21,23,34)/t8-,9+,10+,12+,13+,14+,15+,16-,17+,20?/m0/s1. The molecule has 2 aliphatic rings. The van der Waals surface area contributed by atoms with Crippen molar-refractivity contribution in [3.05, 3.63) is 22.7 Å². The van der Waals surface area contributed by atoms with Gasteiger partial charge in [0.25, 0.3) is 5.79 Å². The van der Waals surface area contributed by atoms with Crippen LogP contribution in [0.25, 0.3) is 0 Å². The molecule has 3 heterocycles. The van der Waals surface area contributed by atoms with Gasteiger partial charge in [-0.2, -0.15) is 4.98 Å². The molecule has 2 unspecified atom stereocenters. The number of carboxylic acid groups (broad SMARTS) is 1. The number of carbonyl (C=O) groups is 2. The summed E-state index contributed by atoms with van der Waals surface area (Å²) in [6, 6.07) is -0.362. The van der Waals surface area contributed by atoms with Gasteiger partial charge in [-0.15, -0.1) is 0 Å². The maximum Gasteiger partial charge on any atom is 0.475 e. The summed E-state index contributed by atoms with van der Waals surface area (Å²) in [4.78, 5) is 49.6. The molecule has 1 aromatic rings. The Bertz CT molecular complexity index is 1220. The number of anilines is 1. The van der Waals surface area contributed by atoms with E-state index in [1.807, 2.05) is 0 Å². The van der Waals surface area contributed by atoms with Crippen molar-refractivity contribution in [1.29, 1.82) is 0 Å². The lowest BCUT2D eigenvalue weighted by atomic mass is 9.88. The molecule has 21 heteroatoms. The summed E-state index contributed by atoms with van der Waals surface area (Å²) in [5, 5.41) is 72.7. The van der Waals surface area contributed by atoms with Crippen LogP contribution < -0.4 is 16.7 Å². The summed E-state index contributed by atoms with van der Waals surface area (Å²) in [5.74, 6) is -6.20. The van der Waals surface area contributed by atoms with Crippen LogP contribution in [0.15, 0.2) is 17.1 Å². The number of hydrogen-bond acceptors (Lipinski definition) is 16. The SMILES string of the molecule is CC(=O)N[C@H]1[C@@H]([C@H](O)[C@H](O)CO)OC(OP(=O)(O)OC[C@H]2O[C@@H](n3ccc(N)nc3=O)[C@H](O)[C@@H]2O)(C(=O)O)C[C@@H]1O. The number of carbonyl (C=O) groups excluding carboxylic acids is 1. The molecule has 11 atom stereocenters. The second kappa shape index (κ2) is 12.7. The fraction of sp³-hybridized carbons (Fsp3) is 0.700. The molecule has 0 saturated carbocycles. The molecular weight excluding hydrogens is 583 g/mol. The van der Waals surface area contributed by atoms with Gasteiger partial charge in [-0.25, -0.2) is 18.7 Å². The zero-order valence-electron chi connectivity index (χ0n) is 21.2. The number of rotatable bonds is 11. The van der Waals surface area contributed by atoms with Crippen LogP contribution in [0.1, 0.15) is 19.6 Å². The highest BCUT2D eigenvalue weighted by atomic mass is 31.2. The molecule has 0 aromatic carbocycles. The van der Waals surface area contributed by atoms with Gasteiger partial charge in [0, 0.05) is 19.5 Å².